The van der Waals surface area contributed by atoms with Gasteiger partial charge in [0.1, 0.15) is 0 Å². The summed E-state index contributed by atoms with van der Waals surface area (Å²) < 4.78 is 5.10. The summed E-state index contributed by atoms with van der Waals surface area (Å²) in [6, 6.07) is 6.37. The summed E-state index contributed by atoms with van der Waals surface area (Å²) in [6.07, 6.45) is -0.486. The number of carbonyl (C=O) groups is 3. The second-order valence-corrected chi connectivity index (χ2v) is 7.24. The van der Waals surface area contributed by atoms with Crippen LogP contribution in [0.4, 0.5) is 5.69 Å². The third-order valence-electron chi connectivity index (χ3n) is 3.49. The molecule has 1 heterocycles. The van der Waals surface area contributed by atoms with Gasteiger partial charge in [-0.2, -0.15) is 11.3 Å². The van der Waals surface area contributed by atoms with Crippen LogP contribution in [-0.2, 0) is 14.3 Å². The summed E-state index contributed by atoms with van der Waals surface area (Å²) >= 11 is 13.2. The van der Waals surface area contributed by atoms with Crippen molar-refractivity contribution in [2.45, 2.75) is 25.9 Å². The molecule has 0 aliphatic rings. The molecule has 0 radical (unpaired) electrons. The number of amides is 2. The molecule has 0 saturated heterocycles. The third kappa shape index (κ3) is 6.86. The van der Waals surface area contributed by atoms with Gasteiger partial charge < -0.3 is 15.4 Å². The first kappa shape index (κ1) is 21.2. The van der Waals surface area contributed by atoms with Gasteiger partial charge in [-0.1, -0.05) is 23.2 Å². The lowest BCUT2D eigenvalue weighted by Gasteiger charge is -2.14. The highest BCUT2D eigenvalue weighted by Gasteiger charge is 2.18. The normalized spacial score (nSPS) is 11.5. The van der Waals surface area contributed by atoms with Gasteiger partial charge in [0.05, 0.1) is 10.7 Å². The number of thiophene rings is 1. The Kier molecular flexibility index (Phi) is 8.09. The highest BCUT2D eigenvalue weighted by molar-refractivity contribution is 7.08. The monoisotopic (exact) mass is 428 g/mol. The lowest BCUT2D eigenvalue weighted by Crippen LogP contribution is -2.30. The van der Waals surface area contributed by atoms with Gasteiger partial charge in [0.15, 0.2) is 6.10 Å². The van der Waals surface area contributed by atoms with Gasteiger partial charge in [-0.15, -0.1) is 0 Å². The van der Waals surface area contributed by atoms with E-state index in [1.54, 1.807) is 23.6 Å². The number of rotatable bonds is 8. The summed E-state index contributed by atoms with van der Waals surface area (Å²) in [7, 11) is 0. The van der Waals surface area contributed by atoms with Gasteiger partial charge in [0.25, 0.3) is 11.8 Å². The van der Waals surface area contributed by atoms with Crippen LogP contribution in [0, 0.1) is 0 Å². The molecule has 6 nitrogen and oxygen atoms in total. The van der Waals surface area contributed by atoms with E-state index in [9.17, 15) is 14.4 Å². The van der Waals surface area contributed by atoms with E-state index >= 15 is 0 Å². The van der Waals surface area contributed by atoms with E-state index < -0.39 is 18.0 Å². The smallest absolute Gasteiger partial charge is 0.306 e. The Bertz CT molecular complexity index is 812. The molecule has 9 heteroatoms. The molecule has 0 fully saturated rings. The van der Waals surface area contributed by atoms with Crippen molar-refractivity contribution in [3.8, 4) is 0 Å². The number of hydrogen-bond donors (Lipinski definition) is 2. The molecule has 27 heavy (non-hydrogen) atoms. The van der Waals surface area contributed by atoms with Gasteiger partial charge in [0.2, 0.25) is 0 Å². The zero-order valence-electron chi connectivity index (χ0n) is 14.5. The minimum absolute atomic E-state index is 0.0865. The van der Waals surface area contributed by atoms with E-state index in [0.29, 0.717) is 29.2 Å². The first-order valence-electron chi connectivity index (χ1n) is 8.12. The fraction of sp³-hybridized carbons (Fsp3) is 0.278. The lowest BCUT2D eigenvalue weighted by atomic mass is 10.2. The number of ether oxygens (including phenoxy) is 1. The van der Waals surface area contributed by atoms with Crippen LogP contribution in [0.25, 0.3) is 0 Å². The highest BCUT2D eigenvalue weighted by atomic mass is 35.5. The standard InChI is InChI=1S/C18H18Cl2N2O4S/c1-11(17(24)22-15-5-4-13(19)9-14(15)20)26-16(23)3-2-7-21-18(25)12-6-8-27-10-12/h4-6,8-11H,2-3,7H2,1H3,(H,21,25)(H,22,24)/t11-/m1/s1. The fourth-order valence-electron chi connectivity index (χ4n) is 2.07. The molecule has 1 aromatic heterocycles. The maximum atomic E-state index is 12.1. The highest BCUT2D eigenvalue weighted by Crippen LogP contribution is 2.25. The number of anilines is 1. The van der Waals surface area contributed by atoms with E-state index in [2.05, 4.69) is 10.6 Å². The van der Waals surface area contributed by atoms with Gasteiger partial charge in [-0.3, -0.25) is 14.4 Å². The van der Waals surface area contributed by atoms with Crippen molar-refractivity contribution in [2.75, 3.05) is 11.9 Å². The van der Waals surface area contributed by atoms with Crippen LogP contribution in [0.3, 0.4) is 0 Å². The molecule has 0 saturated carbocycles. The number of benzene rings is 1. The van der Waals surface area contributed by atoms with Crippen LogP contribution >= 0.6 is 34.5 Å². The Morgan fingerprint density at radius 1 is 1.22 bits per heavy atom. The Hall–Kier alpha value is -2.09. The SMILES string of the molecule is C[C@@H](OC(=O)CCCNC(=O)c1ccsc1)C(=O)Nc1ccc(Cl)cc1Cl. The van der Waals surface area contributed by atoms with Gasteiger partial charge >= 0.3 is 5.97 Å². The Balaban J connectivity index is 1.69. The van der Waals surface area contributed by atoms with Crippen LogP contribution in [0.5, 0.6) is 0 Å². The van der Waals surface area contributed by atoms with Gasteiger partial charge in [-0.25, -0.2) is 0 Å². The molecule has 0 aliphatic heterocycles. The van der Waals surface area contributed by atoms with Crippen molar-refractivity contribution < 1.29 is 19.1 Å². The lowest BCUT2D eigenvalue weighted by molar-refractivity contribution is -0.153. The van der Waals surface area contributed by atoms with E-state index in [-0.39, 0.29) is 17.4 Å². The zero-order chi connectivity index (χ0) is 19.8. The van der Waals surface area contributed by atoms with E-state index in [4.69, 9.17) is 27.9 Å². The van der Waals surface area contributed by atoms with Crippen molar-refractivity contribution >= 4 is 58.0 Å². The van der Waals surface area contributed by atoms with E-state index in [0.717, 1.165) is 0 Å². The molecule has 0 bridgehead atoms. The molecule has 0 spiro atoms. The average Bonchev–Trinajstić information content (AvgIpc) is 3.15. The summed E-state index contributed by atoms with van der Waals surface area (Å²) in [5.74, 6) is -1.21. The van der Waals surface area contributed by atoms with E-state index in [1.807, 2.05) is 5.38 Å². The fourth-order valence-corrected chi connectivity index (χ4v) is 3.16. The molecule has 2 rings (SSSR count). The summed E-state index contributed by atoms with van der Waals surface area (Å²) in [4.78, 5) is 35.7. The maximum Gasteiger partial charge on any atom is 0.306 e. The zero-order valence-corrected chi connectivity index (χ0v) is 16.8. The van der Waals surface area contributed by atoms with Crippen molar-refractivity contribution in [3.63, 3.8) is 0 Å². The Morgan fingerprint density at radius 3 is 2.67 bits per heavy atom. The predicted molar refractivity (Wildman–Crippen MR) is 107 cm³/mol. The van der Waals surface area contributed by atoms with Crippen molar-refractivity contribution in [2.24, 2.45) is 0 Å². The van der Waals surface area contributed by atoms with Crippen LogP contribution in [0.1, 0.15) is 30.1 Å². The van der Waals surface area contributed by atoms with E-state index in [1.165, 1.54) is 24.3 Å². The molecule has 0 aliphatic carbocycles. The predicted octanol–water partition coefficient (Wildman–Crippen LogP) is 4.14. The summed E-state index contributed by atoms with van der Waals surface area (Å²) in [6.45, 7) is 1.81. The molecule has 1 aromatic carbocycles. The first-order chi connectivity index (χ1) is 12.9. The number of hydrogen-bond acceptors (Lipinski definition) is 5. The minimum Gasteiger partial charge on any atom is -0.453 e. The number of carbonyl (C=O) groups excluding carboxylic acids is 3. The topological polar surface area (TPSA) is 84.5 Å². The molecule has 2 aromatic rings. The third-order valence-corrected chi connectivity index (χ3v) is 4.72. The minimum atomic E-state index is -0.982. The van der Waals surface area contributed by atoms with Crippen LogP contribution in [0.15, 0.2) is 35.0 Å². The second-order valence-electron chi connectivity index (χ2n) is 5.62. The molecule has 0 unspecified atom stereocenters. The Morgan fingerprint density at radius 2 is 2.00 bits per heavy atom. The quantitative estimate of drug-likeness (QED) is 0.488. The number of esters is 1. The number of nitrogens with one attached hydrogen (secondary N) is 2. The van der Waals surface area contributed by atoms with Crippen LogP contribution in [-0.4, -0.2) is 30.4 Å². The molecule has 2 amide bonds. The average molecular weight is 429 g/mol. The molecule has 1 atom stereocenters. The van der Waals surface area contributed by atoms with Crippen molar-refractivity contribution in [3.05, 3.63) is 50.6 Å². The number of halogens is 2. The molecule has 144 valence electrons. The van der Waals surface area contributed by atoms with Crippen molar-refractivity contribution in [1.82, 2.24) is 5.32 Å². The second kappa shape index (κ2) is 10.3. The molecule has 2 N–H and O–H groups in total. The van der Waals surface area contributed by atoms with Gasteiger partial charge in [-0.05, 0) is 43.0 Å². The summed E-state index contributed by atoms with van der Waals surface area (Å²) in [5.41, 5.74) is 0.971. The van der Waals surface area contributed by atoms with Crippen LogP contribution < -0.4 is 10.6 Å². The molecular weight excluding hydrogens is 411 g/mol. The first-order valence-corrected chi connectivity index (χ1v) is 9.82. The van der Waals surface area contributed by atoms with Gasteiger partial charge in [0, 0.05) is 28.9 Å². The Labute approximate surface area is 170 Å². The summed E-state index contributed by atoms with van der Waals surface area (Å²) in [5, 5.41) is 9.59. The van der Waals surface area contributed by atoms with Crippen LogP contribution in [0.2, 0.25) is 10.0 Å². The maximum absolute atomic E-state index is 12.1. The molecular formula is C18H18Cl2N2O4S. The largest absolute Gasteiger partial charge is 0.453 e. The van der Waals surface area contributed by atoms with Crippen molar-refractivity contribution in [1.29, 1.82) is 0 Å².